The van der Waals surface area contributed by atoms with Gasteiger partial charge in [-0.15, -0.1) is 0 Å². The van der Waals surface area contributed by atoms with Crippen molar-refractivity contribution in [3.63, 3.8) is 0 Å². The molecular formula is C20H24O3. The largest absolute Gasteiger partial charge is 0.497 e. The summed E-state index contributed by atoms with van der Waals surface area (Å²) in [4.78, 5) is 0. The Kier molecular flexibility index (Phi) is 6.24. The van der Waals surface area contributed by atoms with Crippen molar-refractivity contribution in [2.45, 2.75) is 25.4 Å². The summed E-state index contributed by atoms with van der Waals surface area (Å²) in [5, 5.41) is 11.0. The lowest BCUT2D eigenvalue weighted by Crippen LogP contribution is -2.10. The minimum Gasteiger partial charge on any atom is -0.497 e. The molecule has 23 heavy (non-hydrogen) atoms. The number of rotatable bonds is 7. The molecule has 2 aromatic carbocycles. The number of hydrogen-bond donors (Lipinski definition) is 1. The van der Waals surface area contributed by atoms with Crippen LogP contribution in [-0.2, 0) is 0 Å². The zero-order valence-electron chi connectivity index (χ0n) is 13.9. The molecule has 3 nitrogen and oxygen atoms in total. The van der Waals surface area contributed by atoms with Gasteiger partial charge in [-0.2, -0.15) is 0 Å². The molecule has 0 amide bonds. The fraction of sp³-hybridized carbons (Fsp3) is 0.300. The summed E-state index contributed by atoms with van der Waals surface area (Å²) in [6.45, 7) is 2.08. The second kappa shape index (κ2) is 8.39. The van der Waals surface area contributed by atoms with E-state index in [1.54, 1.807) is 20.3 Å². The van der Waals surface area contributed by atoms with E-state index >= 15 is 0 Å². The maximum absolute atomic E-state index is 11.0. The van der Waals surface area contributed by atoms with E-state index < -0.39 is 6.10 Å². The van der Waals surface area contributed by atoms with Gasteiger partial charge in [0, 0.05) is 17.5 Å². The van der Waals surface area contributed by atoms with Gasteiger partial charge in [-0.05, 0) is 24.1 Å². The van der Waals surface area contributed by atoms with Crippen LogP contribution >= 0.6 is 0 Å². The highest BCUT2D eigenvalue weighted by Crippen LogP contribution is 2.38. The van der Waals surface area contributed by atoms with E-state index in [0.29, 0.717) is 11.5 Å². The summed E-state index contributed by atoms with van der Waals surface area (Å²) < 4.78 is 10.7. The average molecular weight is 312 g/mol. The topological polar surface area (TPSA) is 38.7 Å². The number of methoxy groups -OCH3 is 2. The summed E-state index contributed by atoms with van der Waals surface area (Å²) in [6, 6.07) is 15.5. The van der Waals surface area contributed by atoms with Crippen molar-refractivity contribution in [3.8, 4) is 11.5 Å². The third-order valence-electron chi connectivity index (χ3n) is 3.86. The van der Waals surface area contributed by atoms with Crippen molar-refractivity contribution in [2.24, 2.45) is 0 Å². The number of hydrogen-bond acceptors (Lipinski definition) is 3. The van der Waals surface area contributed by atoms with Crippen molar-refractivity contribution in [1.29, 1.82) is 0 Å². The Morgan fingerprint density at radius 3 is 2.39 bits per heavy atom. The van der Waals surface area contributed by atoms with E-state index in [1.165, 1.54) is 0 Å². The van der Waals surface area contributed by atoms with Crippen molar-refractivity contribution >= 4 is 0 Å². The monoisotopic (exact) mass is 312 g/mol. The van der Waals surface area contributed by atoms with Crippen molar-refractivity contribution in [1.82, 2.24) is 0 Å². The van der Waals surface area contributed by atoms with Gasteiger partial charge in [-0.25, -0.2) is 0 Å². The lowest BCUT2D eigenvalue weighted by molar-refractivity contribution is 0.157. The van der Waals surface area contributed by atoms with Crippen LogP contribution < -0.4 is 9.47 Å². The maximum Gasteiger partial charge on any atom is 0.128 e. The van der Waals surface area contributed by atoms with Gasteiger partial charge in [-0.1, -0.05) is 49.4 Å². The molecule has 0 bridgehead atoms. The molecule has 2 atom stereocenters. The molecule has 0 aliphatic rings. The van der Waals surface area contributed by atoms with Gasteiger partial charge < -0.3 is 14.6 Å². The predicted octanol–water partition coefficient (Wildman–Crippen LogP) is 4.49. The van der Waals surface area contributed by atoms with Crippen molar-refractivity contribution in [3.05, 3.63) is 71.8 Å². The Labute approximate surface area is 138 Å². The number of aliphatic hydroxyl groups excluding tert-OH is 1. The third-order valence-corrected chi connectivity index (χ3v) is 3.86. The van der Waals surface area contributed by atoms with Gasteiger partial charge in [0.1, 0.15) is 11.5 Å². The highest BCUT2D eigenvalue weighted by Gasteiger charge is 2.23. The van der Waals surface area contributed by atoms with Crippen LogP contribution in [0, 0.1) is 0 Å². The van der Waals surface area contributed by atoms with E-state index in [9.17, 15) is 5.11 Å². The molecule has 0 radical (unpaired) electrons. The zero-order valence-corrected chi connectivity index (χ0v) is 13.9. The highest BCUT2D eigenvalue weighted by molar-refractivity contribution is 5.44. The van der Waals surface area contributed by atoms with Crippen LogP contribution in [0.5, 0.6) is 11.5 Å². The molecule has 0 aliphatic heterocycles. The quantitative estimate of drug-likeness (QED) is 0.766. The first kappa shape index (κ1) is 17.1. The first-order valence-corrected chi connectivity index (χ1v) is 7.82. The minimum absolute atomic E-state index is 0.126. The van der Waals surface area contributed by atoms with Gasteiger partial charge in [-0.3, -0.25) is 0 Å². The SMILES string of the molecule is CC/C=C\[C@@H](c1ccccc1)[C@@H](O)c1ccc(OC)cc1OC. The molecule has 1 N–H and O–H groups in total. The molecule has 0 saturated carbocycles. The minimum atomic E-state index is -0.693. The molecule has 0 spiro atoms. The summed E-state index contributed by atoms with van der Waals surface area (Å²) >= 11 is 0. The van der Waals surface area contributed by atoms with E-state index in [0.717, 1.165) is 17.5 Å². The summed E-state index contributed by atoms with van der Waals surface area (Å²) in [5.41, 5.74) is 1.82. The molecular weight excluding hydrogens is 288 g/mol. The lowest BCUT2D eigenvalue weighted by Gasteiger charge is -2.23. The van der Waals surface area contributed by atoms with Crippen LogP contribution in [0.3, 0.4) is 0 Å². The molecule has 2 aromatic rings. The summed E-state index contributed by atoms with van der Waals surface area (Å²) in [6.07, 6.45) is 4.37. The standard InChI is InChI=1S/C20H24O3/c1-4-5-11-17(15-9-7-6-8-10-15)20(21)18-13-12-16(22-2)14-19(18)23-3/h5-14,17,20-21H,4H2,1-3H3/b11-5-/t17-,20+/m0/s1. The molecule has 0 aromatic heterocycles. The van der Waals surface area contributed by atoms with Gasteiger partial charge in [0.05, 0.1) is 20.3 Å². The highest BCUT2D eigenvalue weighted by atomic mass is 16.5. The van der Waals surface area contributed by atoms with Crippen LogP contribution in [-0.4, -0.2) is 19.3 Å². The van der Waals surface area contributed by atoms with E-state index in [2.05, 4.69) is 19.1 Å². The van der Waals surface area contributed by atoms with Gasteiger partial charge in [0.2, 0.25) is 0 Å². The fourth-order valence-electron chi connectivity index (χ4n) is 2.61. The Hall–Kier alpha value is -2.26. The van der Waals surface area contributed by atoms with Crippen LogP contribution in [0.2, 0.25) is 0 Å². The number of allylic oxidation sites excluding steroid dienone is 1. The fourth-order valence-corrected chi connectivity index (χ4v) is 2.61. The third kappa shape index (κ3) is 4.14. The van der Waals surface area contributed by atoms with Crippen LogP contribution in [0.1, 0.15) is 36.5 Å². The first-order chi connectivity index (χ1) is 11.2. The van der Waals surface area contributed by atoms with Gasteiger partial charge >= 0.3 is 0 Å². The number of ether oxygens (including phenoxy) is 2. The van der Waals surface area contributed by atoms with E-state index in [4.69, 9.17) is 9.47 Å². The predicted molar refractivity (Wildman–Crippen MR) is 93.1 cm³/mol. The van der Waals surface area contributed by atoms with Crippen LogP contribution in [0.15, 0.2) is 60.7 Å². The second-order valence-corrected chi connectivity index (χ2v) is 5.33. The second-order valence-electron chi connectivity index (χ2n) is 5.33. The molecule has 0 unspecified atom stereocenters. The molecule has 0 saturated heterocycles. The molecule has 0 fully saturated rings. The maximum atomic E-state index is 11.0. The van der Waals surface area contributed by atoms with Crippen LogP contribution in [0.4, 0.5) is 0 Å². The average Bonchev–Trinajstić information content (AvgIpc) is 2.62. The molecule has 2 rings (SSSR count). The normalized spacial score (nSPS) is 13.7. The van der Waals surface area contributed by atoms with E-state index in [1.807, 2.05) is 42.5 Å². The molecule has 122 valence electrons. The van der Waals surface area contributed by atoms with Crippen LogP contribution in [0.25, 0.3) is 0 Å². The Bertz CT molecular complexity index is 635. The van der Waals surface area contributed by atoms with Gasteiger partial charge in [0.15, 0.2) is 0 Å². The Morgan fingerprint density at radius 2 is 1.78 bits per heavy atom. The molecule has 3 heteroatoms. The Morgan fingerprint density at radius 1 is 1.04 bits per heavy atom. The lowest BCUT2D eigenvalue weighted by atomic mass is 9.88. The summed E-state index contributed by atoms with van der Waals surface area (Å²) in [7, 11) is 3.21. The van der Waals surface area contributed by atoms with Gasteiger partial charge in [0.25, 0.3) is 0 Å². The van der Waals surface area contributed by atoms with Crippen molar-refractivity contribution < 1.29 is 14.6 Å². The molecule has 0 aliphatic carbocycles. The first-order valence-electron chi connectivity index (χ1n) is 7.82. The van der Waals surface area contributed by atoms with E-state index in [-0.39, 0.29) is 5.92 Å². The zero-order chi connectivity index (χ0) is 16.7. The van der Waals surface area contributed by atoms with Crippen molar-refractivity contribution in [2.75, 3.05) is 14.2 Å². The smallest absolute Gasteiger partial charge is 0.128 e. The molecule has 0 heterocycles. The number of aliphatic hydroxyl groups is 1. The Balaban J connectivity index is 2.41. The summed E-state index contributed by atoms with van der Waals surface area (Å²) in [5.74, 6) is 1.21. The number of benzene rings is 2.